The van der Waals surface area contributed by atoms with Crippen LogP contribution in [0.1, 0.15) is 25.5 Å². The largest absolute Gasteiger partial charge is 0.482 e. The molecule has 1 atom stereocenters. The first kappa shape index (κ1) is 18.3. The van der Waals surface area contributed by atoms with Crippen molar-refractivity contribution in [3.8, 4) is 5.75 Å². The minimum Gasteiger partial charge on any atom is -0.482 e. The second kappa shape index (κ2) is 8.18. The van der Waals surface area contributed by atoms with Crippen LogP contribution in [0.4, 0.5) is 4.79 Å². The minimum absolute atomic E-state index is 0.191. The molecule has 1 heterocycles. The summed E-state index contributed by atoms with van der Waals surface area (Å²) in [5.74, 6) is -0.515. The summed E-state index contributed by atoms with van der Waals surface area (Å²) < 4.78 is 14.9. The molecule has 1 aliphatic rings. The van der Waals surface area contributed by atoms with Gasteiger partial charge in [-0.25, -0.2) is 14.4 Å². The highest BCUT2D eigenvalue weighted by Gasteiger charge is 2.31. The lowest BCUT2D eigenvalue weighted by Gasteiger charge is -2.27. The lowest BCUT2D eigenvalue weighted by atomic mass is 9.95. The zero-order chi connectivity index (χ0) is 18.4. The predicted molar refractivity (Wildman–Crippen MR) is 87.7 cm³/mol. The summed E-state index contributed by atoms with van der Waals surface area (Å²) in [6.45, 7) is 3.45. The summed E-state index contributed by atoms with van der Waals surface area (Å²) in [7, 11) is 1.28. The molecular formula is C17H20N2O6. The van der Waals surface area contributed by atoms with E-state index in [1.54, 1.807) is 38.1 Å². The Bertz CT molecular complexity index is 696. The maximum atomic E-state index is 12.0. The second-order valence-corrected chi connectivity index (χ2v) is 5.22. The standard InChI is InChI=1S/C17H20N2O6/c1-4-24-13(20)9-25-12-7-5-11(6-8-12)15-14(16(21)23-3)10(2)18-17(22)19-15/h5-8,15H,4,9H2,1-3H3,(H2,18,19,22)/t15-/m1/s1. The molecule has 2 amide bonds. The van der Waals surface area contributed by atoms with Crippen LogP contribution in [0.5, 0.6) is 5.75 Å². The van der Waals surface area contributed by atoms with Gasteiger partial charge in [0.15, 0.2) is 6.61 Å². The normalized spacial score (nSPS) is 16.6. The Kier molecular flexibility index (Phi) is 5.99. The molecule has 0 fully saturated rings. The number of carbonyl (C=O) groups is 3. The number of amides is 2. The zero-order valence-corrected chi connectivity index (χ0v) is 14.3. The first-order valence-electron chi connectivity index (χ1n) is 7.71. The third-order valence-electron chi connectivity index (χ3n) is 3.55. The van der Waals surface area contributed by atoms with Crippen molar-refractivity contribution in [1.29, 1.82) is 0 Å². The number of rotatable bonds is 6. The Morgan fingerprint density at radius 2 is 1.88 bits per heavy atom. The number of benzene rings is 1. The van der Waals surface area contributed by atoms with E-state index in [0.29, 0.717) is 29.2 Å². The summed E-state index contributed by atoms with van der Waals surface area (Å²) in [6, 6.07) is 5.65. The molecule has 134 valence electrons. The van der Waals surface area contributed by atoms with Crippen LogP contribution >= 0.6 is 0 Å². The molecule has 1 aromatic carbocycles. The Labute approximate surface area is 145 Å². The predicted octanol–water partition coefficient (Wildman–Crippen LogP) is 1.43. The van der Waals surface area contributed by atoms with Gasteiger partial charge in [-0.2, -0.15) is 0 Å². The highest BCUT2D eigenvalue weighted by Crippen LogP contribution is 2.28. The average Bonchev–Trinajstić information content (AvgIpc) is 2.59. The molecule has 0 radical (unpaired) electrons. The smallest absolute Gasteiger partial charge is 0.344 e. The summed E-state index contributed by atoms with van der Waals surface area (Å²) in [4.78, 5) is 35.1. The molecule has 25 heavy (non-hydrogen) atoms. The van der Waals surface area contributed by atoms with E-state index in [2.05, 4.69) is 10.6 Å². The average molecular weight is 348 g/mol. The fourth-order valence-corrected chi connectivity index (χ4v) is 2.43. The Morgan fingerprint density at radius 3 is 2.48 bits per heavy atom. The molecule has 0 saturated carbocycles. The van der Waals surface area contributed by atoms with Crippen molar-refractivity contribution >= 4 is 18.0 Å². The molecular weight excluding hydrogens is 328 g/mol. The quantitative estimate of drug-likeness (QED) is 0.754. The van der Waals surface area contributed by atoms with E-state index in [9.17, 15) is 14.4 Å². The van der Waals surface area contributed by atoms with Crippen LogP contribution in [0, 0.1) is 0 Å². The topological polar surface area (TPSA) is 103 Å². The Morgan fingerprint density at radius 1 is 1.20 bits per heavy atom. The molecule has 2 rings (SSSR count). The van der Waals surface area contributed by atoms with E-state index in [1.165, 1.54) is 7.11 Å². The number of methoxy groups -OCH3 is 1. The maximum Gasteiger partial charge on any atom is 0.344 e. The van der Waals surface area contributed by atoms with E-state index in [1.807, 2.05) is 0 Å². The van der Waals surface area contributed by atoms with Crippen molar-refractivity contribution in [2.75, 3.05) is 20.3 Å². The van der Waals surface area contributed by atoms with Crippen LogP contribution in [0.15, 0.2) is 35.5 Å². The summed E-state index contributed by atoms with van der Waals surface area (Å²) in [5.41, 5.74) is 1.43. The number of esters is 2. The van der Waals surface area contributed by atoms with Gasteiger partial charge in [-0.05, 0) is 31.5 Å². The number of allylic oxidation sites excluding steroid dienone is 1. The van der Waals surface area contributed by atoms with Crippen LogP contribution in [-0.4, -0.2) is 38.3 Å². The second-order valence-electron chi connectivity index (χ2n) is 5.22. The van der Waals surface area contributed by atoms with Crippen LogP contribution in [-0.2, 0) is 19.1 Å². The Hall–Kier alpha value is -3.03. The molecule has 1 aromatic rings. The van der Waals surface area contributed by atoms with Crippen molar-refractivity contribution < 1.29 is 28.6 Å². The third-order valence-corrected chi connectivity index (χ3v) is 3.55. The van der Waals surface area contributed by atoms with Gasteiger partial charge >= 0.3 is 18.0 Å². The van der Waals surface area contributed by atoms with E-state index >= 15 is 0 Å². The van der Waals surface area contributed by atoms with Gasteiger partial charge in [-0.1, -0.05) is 12.1 Å². The van der Waals surface area contributed by atoms with E-state index < -0.39 is 24.0 Å². The van der Waals surface area contributed by atoms with Gasteiger partial charge in [0.2, 0.25) is 0 Å². The van der Waals surface area contributed by atoms with E-state index in [-0.39, 0.29) is 6.61 Å². The molecule has 0 bridgehead atoms. The molecule has 8 heteroatoms. The third kappa shape index (κ3) is 4.50. The van der Waals surface area contributed by atoms with Crippen LogP contribution in [0.2, 0.25) is 0 Å². The minimum atomic E-state index is -0.639. The van der Waals surface area contributed by atoms with Crippen LogP contribution < -0.4 is 15.4 Å². The SMILES string of the molecule is CCOC(=O)COc1ccc([C@H]2NC(=O)NC(C)=C2C(=O)OC)cc1. The molecule has 0 saturated heterocycles. The van der Waals surface area contributed by atoms with E-state index in [0.717, 1.165) is 0 Å². The summed E-state index contributed by atoms with van der Waals surface area (Å²) in [5, 5.41) is 5.24. The van der Waals surface area contributed by atoms with E-state index in [4.69, 9.17) is 14.2 Å². The lowest BCUT2D eigenvalue weighted by Crippen LogP contribution is -2.45. The highest BCUT2D eigenvalue weighted by molar-refractivity contribution is 5.94. The number of ether oxygens (including phenoxy) is 3. The van der Waals surface area contributed by atoms with Gasteiger partial charge in [0.25, 0.3) is 0 Å². The molecule has 0 spiro atoms. The fraction of sp³-hybridized carbons (Fsp3) is 0.353. The first-order chi connectivity index (χ1) is 12.0. The van der Waals surface area contributed by atoms with Gasteiger partial charge in [-0.3, -0.25) is 0 Å². The van der Waals surface area contributed by atoms with Crippen molar-refractivity contribution in [2.45, 2.75) is 19.9 Å². The van der Waals surface area contributed by atoms with Gasteiger partial charge in [-0.15, -0.1) is 0 Å². The maximum absolute atomic E-state index is 12.0. The van der Waals surface area contributed by atoms with Gasteiger partial charge in [0, 0.05) is 5.70 Å². The summed E-state index contributed by atoms with van der Waals surface area (Å²) >= 11 is 0. The molecule has 8 nitrogen and oxygen atoms in total. The molecule has 1 aliphatic heterocycles. The molecule has 0 unspecified atom stereocenters. The van der Waals surface area contributed by atoms with Crippen molar-refractivity contribution in [1.82, 2.24) is 10.6 Å². The molecule has 0 aromatic heterocycles. The number of carbonyl (C=O) groups excluding carboxylic acids is 3. The van der Waals surface area contributed by atoms with Crippen LogP contribution in [0.3, 0.4) is 0 Å². The monoisotopic (exact) mass is 348 g/mol. The van der Waals surface area contributed by atoms with Gasteiger partial charge in [0.1, 0.15) is 5.75 Å². The van der Waals surface area contributed by atoms with Crippen molar-refractivity contribution in [2.24, 2.45) is 0 Å². The van der Waals surface area contributed by atoms with Crippen molar-refractivity contribution in [3.63, 3.8) is 0 Å². The number of urea groups is 1. The van der Waals surface area contributed by atoms with Gasteiger partial charge in [0.05, 0.1) is 25.3 Å². The number of hydrogen-bond acceptors (Lipinski definition) is 6. The number of hydrogen-bond donors (Lipinski definition) is 2. The zero-order valence-electron chi connectivity index (χ0n) is 14.3. The lowest BCUT2D eigenvalue weighted by molar-refractivity contribution is -0.145. The Balaban J connectivity index is 2.16. The molecule has 2 N–H and O–H groups in total. The van der Waals surface area contributed by atoms with Gasteiger partial charge < -0.3 is 24.8 Å². The summed E-state index contributed by atoms with van der Waals surface area (Å²) in [6.07, 6.45) is 0. The van der Waals surface area contributed by atoms with Crippen molar-refractivity contribution in [3.05, 3.63) is 41.1 Å². The van der Waals surface area contributed by atoms with Crippen LogP contribution in [0.25, 0.3) is 0 Å². The first-order valence-corrected chi connectivity index (χ1v) is 7.71. The fourth-order valence-electron chi connectivity index (χ4n) is 2.43. The molecule has 0 aliphatic carbocycles. The highest BCUT2D eigenvalue weighted by atomic mass is 16.6. The number of nitrogens with one attached hydrogen (secondary N) is 2.